The van der Waals surface area contributed by atoms with E-state index in [-0.39, 0.29) is 24.6 Å². The fraction of sp³-hybridized carbons (Fsp3) is 0.182. The van der Waals surface area contributed by atoms with E-state index < -0.39 is 5.56 Å². The number of benzene rings is 2. The van der Waals surface area contributed by atoms with Gasteiger partial charge >= 0.3 is 0 Å². The molecule has 0 aliphatic heterocycles. The number of fused-ring (bicyclic) bond motifs is 1. The maximum Gasteiger partial charge on any atom is 0.298 e. The SMILES string of the molecule is CC(C)=CCOc1c(OC=O)c(=O)[nH]c2cc(OCc3ccccc3)ccc12. The molecular formula is C22H21NO5. The van der Waals surface area contributed by atoms with Gasteiger partial charge in [0.25, 0.3) is 12.0 Å². The van der Waals surface area contributed by atoms with Gasteiger partial charge < -0.3 is 19.2 Å². The lowest BCUT2D eigenvalue weighted by Gasteiger charge is -2.13. The van der Waals surface area contributed by atoms with E-state index >= 15 is 0 Å². The molecule has 0 bridgehead atoms. The summed E-state index contributed by atoms with van der Waals surface area (Å²) in [6, 6.07) is 15.0. The number of rotatable bonds is 8. The Morgan fingerprint density at radius 3 is 2.54 bits per heavy atom. The average molecular weight is 379 g/mol. The minimum absolute atomic E-state index is 0.164. The van der Waals surface area contributed by atoms with Crippen LogP contribution >= 0.6 is 0 Å². The van der Waals surface area contributed by atoms with Crippen LogP contribution in [0.3, 0.4) is 0 Å². The molecule has 0 aliphatic carbocycles. The molecule has 0 spiro atoms. The molecule has 0 aliphatic rings. The van der Waals surface area contributed by atoms with Crippen molar-refractivity contribution in [3.8, 4) is 17.2 Å². The molecule has 0 radical (unpaired) electrons. The van der Waals surface area contributed by atoms with Crippen LogP contribution in [-0.2, 0) is 11.4 Å². The number of nitrogens with one attached hydrogen (secondary N) is 1. The fourth-order valence-electron chi connectivity index (χ4n) is 2.65. The third-order valence-corrected chi connectivity index (χ3v) is 4.03. The van der Waals surface area contributed by atoms with Gasteiger partial charge in [-0.15, -0.1) is 0 Å². The number of aromatic amines is 1. The summed E-state index contributed by atoms with van der Waals surface area (Å²) in [5, 5.41) is 0.616. The first-order valence-corrected chi connectivity index (χ1v) is 8.81. The third-order valence-electron chi connectivity index (χ3n) is 4.03. The van der Waals surface area contributed by atoms with E-state index in [0.717, 1.165) is 11.1 Å². The summed E-state index contributed by atoms with van der Waals surface area (Å²) in [5.74, 6) is 0.659. The van der Waals surface area contributed by atoms with Gasteiger partial charge in [-0.1, -0.05) is 35.9 Å². The normalized spacial score (nSPS) is 10.4. The first-order chi connectivity index (χ1) is 13.6. The van der Waals surface area contributed by atoms with Crippen molar-refractivity contribution in [2.45, 2.75) is 20.5 Å². The Bertz CT molecular complexity index is 1050. The van der Waals surface area contributed by atoms with Gasteiger partial charge in [-0.25, -0.2) is 0 Å². The van der Waals surface area contributed by atoms with Crippen LogP contribution < -0.4 is 19.8 Å². The molecule has 1 aromatic heterocycles. The van der Waals surface area contributed by atoms with Crippen LogP contribution in [0.2, 0.25) is 0 Å². The van der Waals surface area contributed by atoms with Crippen LogP contribution in [0.5, 0.6) is 17.2 Å². The second-order valence-corrected chi connectivity index (χ2v) is 6.40. The average Bonchev–Trinajstić information content (AvgIpc) is 2.69. The van der Waals surface area contributed by atoms with Crippen molar-refractivity contribution in [1.82, 2.24) is 4.98 Å². The molecular weight excluding hydrogens is 358 g/mol. The quantitative estimate of drug-likeness (QED) is 0.473. The molecule has 1 heterocycles. The molecule has 6 heteroatoms. The smallest absolute Gasteiger partial charge is 0.298 e. The molecule has 0 fully saturated rings. The molecule has 144 valence electrons. The first kappa shape index (κ1) is 19.2. The number of ether oxygens (including phenoxy) is 3. The second kappa shape index (κ2) is 8.90. The van der Waals surface area contributed by atoms with Crippen LogP contribution in [0.1, 0.15) is 19.4 Å². The van der Waals surface area contributed by atoms with Gasteiger partial charge in [0.05, 0.1) is 5.52 Å². The lowest BCUT2D eigenvalue weighted by atomic mass is 10.2. The molecule has 0 amide bonds. The Hall–Kier alpha value is -3.54. The summed E-state index contributed by atoms with van der Waals surface area (Å²) in [4.78, 5) is 25.9. The number of carbonyl (C=O) groups is 1. The first-order valence-electron chi connectivity index (χ1n) is 8.81. The van der Waals surface area contributed by atoms with Crippen LogP contribution in [0.25, 0.3) is 10.9 Å². The summed E-state index contributed by atoms with van der Waals surface area (Å²) in [6.07, 6.45) is 1.87. The van der Waals surface area contributed by atoms with E-state index in [1.807, 2.05) is 50.3 Å². The highest BCUT2D eigenvalue weighted by Gasteiger charge is 2.16. The van der Waals surface area contributed by atoms with E-state index in [9.17, 15) is 9.59 Å². The Balaban J connectivity index is 1.94. The summed E-state index contributed by atoms with van der Waals surface area (Å²) in [7, 11) is 0. The van der Waals surface area contributed by atoms with Crippen LogP contribution in [-0.4, -0.2) is 18.1 Å². The number of pyridine rings is 1. The van der Waals surface area contributed by atoms with Gasteiger partial charge in [-0.2, -0.15) is 0 Å². The Morgan fingerprint density at radius 1 is 1.04 bits per heavy atom. The van der Waals surface area contributed by atoms with Crippen molar-refractivity contribution in [3.63, 3.8) is 0 Å². The molecule has 0 unspecified atom stereocenters. The topological polar surface area (TPSA) is 77.6 Å². The molecule has 6 nitrogen and oxygen atoms in total. The number of aromatic nitrogens is 1. The fourth-order valence-corrected chi connectivity index (χ4v) is 2.65. The molecule has 2 aromatic carbocycles. The third kappa shape index (κ3) is 4.59. The Morgan fingerprint density at radius 2 is 1.82 bits per heavy atom. The molecule has 0 saturated heterocycles. The highest BCUT2D eigenvalue weighted by molar-refractivity contribution is 5.88. The molecule has 28 heavy (non-hydrogen) atoms. The van der Waals surface area contributed by atoms with Crippen molar-refractivity contribution in [2.75, 3.05) is 6.61 Å². The van der Waals surface area contributed by atoms with Crippen LogP contribution in [0.4, 0.5) is 0 Å². The summed E-state index contributed by atoms with van der Waals surface area (Å²) in [5.41, 5.74) is 2.09. The van der Waals surface area contributed by atoms with Gasteiger partial charge in [0.2, 0.25) is 5.75 Å². The number of allylic oxidation sites excluding steroid dienone is 1. The number of hydrogen-bond donors (Lipinski definition) is 1. The predicted molar refractivity (Wildman–Crippen MR) is 107 cm³/mol. The van der Waals surface area contributed by atoms with Gasteiger partial charge in [0.15, 0.2) is 5.75 Å². The largest absolute Gasteiger partial charge is 0.489 e. The molecule has 1 N–H and O–H groups in total. The number of carbonyl (C=O) groups excluding carboxylic acids is 1. The van der Waals surface area contributed by atoms with E-state index in [1.165, 1.54) is 0 Å². The summed E-state index contributed by atoms with van der Waals surface area (Å²) < 4.78 is 16.4. The van der Waals surface area contributed by atoms with E-state index in [2.05, 4.69) is 4.98 Å². The molecule has 3 rings (SSSR count). The lowest BCUT2D eigenvalue weighted by Crippen LogP contribution is -2.13. The summed E-state index contributed by atoms with van der Waals surface area (Å²) in [6.45, 7) is 4.76. The zero-order valence-electron chi connectivity index (χ0n) is 15.7. The molecule has 3 aromatic rings. The minimum Gasteiger partial charge on any atom is -0.489 e. The standard InChI is InChI=1S/C22H21NO5/c1-15(2)10-11-26-20-18-9-8-17(27-13-16-6-4-3-5-7-16)12-19(18)23-22(25)21(20)28-14-24/h3-10,12,14H,11,13H2,1-2H3,(H,23,25). The van der Waals surface area contributed by atoms with Crippen LogP contribution in [0.15, 0.2) is 65.0 Å². The highest BCUT2D eigenvalue weighted by Crippen LogP contribution is 2.33. The highest BCUT2D eigenvalue weighted by atomic mass is 16.5. The van der Waals surface area contributed by atoms with Crippen molar-refractivity contribution in [1.29, 1.82) is 0 Å². The van der Waals surface area contributed by atoms with E-state index in [1.54, 1.807) is 18.2 Å². The summed E-state index contributed by atoms with van der Waals surface area (Å²) >= 11 is 0. The molecule has 0 saturated carbocycles. The van der Waals surface area contributed by atoms with Crippen molar-refractivity contribution < 1.29 is 19.0 Å². The number of H-pyrrole nitrogens is 1. The number of hydrogen-bond acceptors (Lipinski definition) is 5. The monoisotopic (exact) mass is 379 g/mol. The zero-order chi connectivity index (χ0) is 19.9. The zero-order valence-corrected chi connectivity index (χ0v) is 15.7. The lowest BCUT2D eigenvalue weighted by molar-refractivity contribution is -0.120. The Labute approximate surface area is 162 Å². The minimum atomic E-state index is -0.549. The second-order valence-electron chi connectivity index (χ2n) is 6.40. The van der Waals surface area contributed by atoms with E-state index in [0.29, 0.717) is 23.3 Å². The maximum absolute atomic E-state index is 12.4. The van der Waals surface area contributed by atoms with Crippen molar-refractivity contribution >= 4 is 17.4 Å². The van der Waals surface area contributed by atoms with Crippen molar-refractivity contribution in [3.05, 3.63) is 76.1 Å². The van der Waals surface area contributed by atoms with E-state index in [4.69, 9.17) is 14.2 Å². The van der Waals surface area contributed by atoms with Gasteiger partial charge in [0.1, 0.15) is 19.0 Å². The molecule has 0 atom stereocenters. The van der Waals surface area contributed by atoms with Gasteiger partial charge in [-0.05, 0) is 37.6 Å². The van der Waals surface area contributed by atoms with Crippen molar-refractivity contribution in [2.24, 2.45) is 0 Å². The predicted octanol–water partition coefficient (Wildman–Crippen LogP) is 3.99. The van der Waals surface area contributed by atoms with Gasteiger partial charge in [-0.3, -0.25) is 9.59 Å². The Kier molecular flexibility index (Phi) is 6.11. The maximum atomic E-state index is 12.4. The van der Waals surface area contributed by atoms with Gasteiger partial charge in [0, 0.05) is 11.5 Å². The van der Waals surface area contributed by atoms with Crippen LogP contribution in [0, 0.1) is 0 Å².